The summed E-state index contributed by atoms with van der Waals surface area (Å²) in [6.45, 7) is 6.66. The highest BCUT2D eigenvalue weighted by Gasteiger charge is 2.57. The van der Waals surface area contributed by atoms with Gasteiger partial charge in [0.1, 0.15) is 0 Å². The van der Waals surface area contributed by atoms with Gasteiger partial charge < -0.3 is 9.47 Å². The fourth-order valence-corrected chi connectivity index (χ4v) is 4.62. The van der Waals surface area contributed by atoms with Gasteiger partial charge in [0.2, 0.25) is 0 Å². The summed E-state index contributed by atoms with van der Waals surface area (Å²) < 4.78 is 12.3. The zero-order valence-electron chi connectivity index (χ0n) is 13.2. The highest BCUT2D eigenvalue weighted by molar-refractivity contribution is 5.06. The topological polar surface area (TPSA) is 18.5 Å². The maximum atomic E-state index is 6.16. The third-order valence-corrected chi connectivity index (χ3v) is 6.74. The van der Waals surface area contributed by atoms with Crippen LogP contribution in [0, 0.1) is 22.7 Å². The van der Waals surface area contributed by atoms with Crippen LogP contribution in [0.3, 0.4) is 0 Å². The standard InChI is InChI=1S/C18H30O2/c1-13(2)16-4-6-18(12-20-16)10-14(18)9-15-3-5-17(7-8-17)11-19-15/h13-16H,3-12H2,1-2H3/t14?,15-,16+,18?/m1/s1. The predicted octanol–water partition coefficient (Wildman–Crippen LogP) is 4.18. The van der Waals surface area contributed by atoms with Crippen LogP contribution in [0.5, 0.6) is 0 Å². The van der Waals surface area contributed by atoms with E-state index in [1.807, 2.05) is 0 Å². The quantitative estimate of drug-likeness (QED) is 0.771. The second-order valence-electron chi connectivity index (χ2n) is 8.60. The Bertz CT molecular complexity index is 354. The SMILES string of the molecule is CC(C)[C@@H]1CCC2(CO1)CC2C[C@H]1CCC2(CC2)CO1. The lowest BCUT2D eigenvalue weighted by molar-refractivity contribution is -0.0611. The Morgan fingerprint density at radius 1 is 1.00 bits per heavy atom. The molecule has 2 saturated heterocycles. The number of rotatable bonds is 3. The smallest absolute Gasteiger partial charge is 0.0598 e. The van der Waals surface area contributed by atoms with Crippen molar-refractivity contribution in [1.29, 1.82) is 0 Å². The molecule has 0 radical (unpaired) electrons. The fourth-order valence-electron chi connectivity index (χ4n) is 4.62. The van der Waals surface area contributed by atoms with E-state index in [9.17, 15) is 0 Å². The summed E-state index contributed by atoms with van der Waals surface area (Å²) in [7, 11) is 0. The molecule has 4 atom stereocenters. The highest BCUT2D eigenvalue weighted by Crippen LogP contribution is 2.61. The van der Waals surface area contributed by atoms with Gasteiger partial charge in [-0.05, 0) is 74.0 Å². The van der Waals surface area contributed by atoms with Gasteiger partial charge in [0, 0.05) is 0 Å². The van der Waals surface area contributed by atoms with Crippen LogP contribution in [-0.4, -0.2) is 25.4 Å². The molecule has 2 nitrogen and oxygen atoms in total. The minimum Gasteiger partial charge on any atom is -0.378 e. The van der Waals surface area contributed by atoms with Gasteiger partial charge in [-0.2, -0.15) is 0 Å². The van der Waals surface area contributed by atoms with E-state index in [0.29, 0.717) is 29.0 Å². The Morgan fingerprint density at radius 3 is 2.40 bits per heavy atom. The fraction of sp³-hybridized carbons (Fsp3) is 1.00. The van der Waals surface area contributed by atoms with E-state index in [0.717, 1.165) is 19.1 Å². The largest absolute Gasteiger partial charge is 0.378 e. The summed E-state index contributed by atoms with van der Waals surface area (Å²) in [4.78, 5) is 0. The lowest BCUT2D eigenvalue weighted by atomic mass is 9.87. The predicted molar refractivity (Wildman–Crippen MR) is 79.6 cm³/mol. The maximum Gasteiger partial charge on any atom is 0.0598 e. The molecule has 2 aliphatic carbocycles. The van der Waals surface area contributed by atoms with E-state index in [4.69, 9.17) is 9.47 Å². The molecule has 2 spiro atoms. The van der Waals surface area contributed by atoms with Gasteiger partial charge in [0.05, 0.1) is 25.4 Å². The molecule has 0 aromatic rings. The molecule has 20 heavy (non-hydrogen) atoms. The molecular weight excluding hydrogens is 248 g/mol. The number of ether oxygens (including phenoxy) is 2. The first-order chi connectivity index (χ1) is 9.61. The van der Waals surface area contributed by atoms with Crippen molar-refractivity contribution in [3.63, 3.8) is 0 Å². The van der Waals surface area contributed by atoms with Crippen LogP contribution < -0.4 is 0 Å². The van der Waals surface area contributed by atoms with Crippen LogP contribution in [0.4, 0.5) is 0 Å². The van der Waals surface area contributed by atoms with Crippen LogP contribution in [0.1, 0.15) is 65.2 Å². The van der Waals surface area contributed by atoms with Crippen molar-refractivity contribution < 1.29 is 9.47 Å². The van der Waals surface area contributed by atoms with Gasteiger partial charge in [0.15, 0.2) is 0 Å². The Balaban J connectivity index is 1.24. The first kappa shape index (κ1) is 13.6. The van der Waals surface area contributed by atoms with E-state index in [1.165, 1.54) is 51.4 Å². The zero-order valence-corrected chi connectivity index (χ0v) is 13.2. The van der Waals surface area contributed by atoms with E-state index in [1.54, 1.807) is 0 Å². The molecule has 2 heteroatoms. The van der Waals surface area contributed by atoms with Crippen molar-refractivity contribution in [3.05, 3.63) is 0 Å². The summed E-state index contributed by atoms with van der Waals surface area (Å²) in [6.07, 6.45) is 12.1. The minimum absolute atomic E-state index is 0.516. The van der Waals surface area contributed by atoms with E-state index >= 15 is 0 Å². The van der Waals surface area contributed by atoms with Gasteiger partial charge in [-0.3, -0.25) is 0 Å². The van der Waals surface area contributed by atoms with E-state index in [-0.39, 0.29) is 0 Å². The third-order valence-electron chi connectivity index (χ3n) is 6.74. The van der Waals surface area contributed by atoms with Gasteiger partial charge in [-0.1, -0.05) is 13.8 Å². The van der Waals surface area contributed by atoms with E-state index in [2.05, 4.69) is 13.8 Å². The molecule has 0 N–H and O–H groups in total. The third kappa shape index (κ3) is 2.43. The molecule has 2 saturated carbocycles. The minimum atomic E-state index is 0.516. The molecule has 0 bridgehead atoms. The molecule has 0 aromatic heterocycles. The second kappa shape index (κ2) is 4.71. The average Bonchev–Trinajstić information content (AvgIpc) is 3.34. The normalized spacial score (nSPS) is 46.0. The molecule has 4 fully saturated rings. The number of hydrogen-bond donors (Lipinski definition) is 0. The van der Waals surface area contributed by atoms with Crippen molar-refractivity contribution in [2.45, 2.75) is 77.4 Å². The Hall–Kier alpha value is -0.0800. The average molecular weight is 278 g/mol. The highest BCUT2D eigenvalue weighted by atomic mass is 16.5. The summed E-state index contributed by atoms with van der Waals surface area (Å²) >= 11 is 0. The van der Waals surface area contributed by atoms with Crippen molar-refractivity contribution in [3.8, 4) is 0 Å². The van der Waals surface area contributed by atoms with Crippen molar-refractivity contribution in [2.75, 3.05) is 13.2 Å². The Kier molecular flexibility index (Phi) is 3.20. The Labute approximate surface area is 123 Å². The Morgan fingerprint density at radius 2 is 1.85 bits per heavy atom. The first-order valence-corrected chi connectivity index (χ1v) is 8.84. The summed E-state index contributed by atoms with van der Waals surface area (Å²) in [5.74, 6) is 1.58. The van der Waals surface area contributed by atoms with Gasteiger partial charge in [-0.25, -0.2) is 0 Å². The molecule has 0 amide bonds. The molecular formula is C18H30O2. The lowest BCUT2D eigenvalue weighted by Gasteiger charge is -2.33. The summed E-state index contributed by atoms with van der Waals surface area (Å²) in [6, 6.07) is 0. The monoisotopic (exact) mass is 278 g/mol. The van der Waals surface area contributed by atoms with Gasteiger partial charge >= 0.3 is 0 Å². The van der Waals surface area contributed by atoms with E-state index < -0.39 is 0 Å². The van der Waals surface area contributed by atoms with Crippen LogP contribution in [0.25, 0.3) is 0 Å². The van der Waals surface area contributed by atoms with Crippen molar-refractivity contribution in [1.82, 2.24) is 0 Å². The summed E-state index contributed by atoms with van der Waals surface area (Å²) in [5.41, 5.74) is 1.21. The molecule has 2 heterocycles. The van der Waals surface area contributed by atoms with Crippen molar-refractivity contribution >= 4 is 0 Å². The maximum absolute atomic E-state index is 6.16. The van der Waals surface area contributed by atoms with Crippen LogP contribution >= 0.6 is 0 Å². The summed E-state index contributed by atoms with van der Waals surface area (Å²) in [5, 5.41) is 0. The lowest BCUT2D eigenvalue weighted by Crippen LogP contribution is -2.32. The second-order valence-corrected chi connectivity index (χ2v) is 8.60. The van der Waals surface area contributed by atoms with Crippen LogP contribution in [-0.2, 0) is 9.47 Å². The number of hydrogen-bond acceptors (Lipinski definition) is 2. The molecule has 2 unspecified atom stereocenters. The first-order valence-electron chi connectivity index (χ1n) is 8.84. The van der Waals surface area contributed by atoms with Crippen LogP contribution in [0.2, 0.25) is 0 Å². The van der Waals surface area contributed by atoms with Gasteiger partial charge in [-0.15, -0.1) is 0 Å². The van der Waals surface area contributed by atoms with Crippen LogP contribution in [0.15, 0.2) is 0 Å². The molecule has 4 aliphatic rings. The molecule has 0 aromatic carbocycles. The zero-order chi connectivity index (χ0) is 13.8. The van der Waals surface area contributed by atoms with Crippen molar-refractivity contribution in [2.24, 2.45) is 22.7 Å². The molecule has 2 aliphatic heterocycles. The molecule has 4 rings (SSSR count). The molecule has 114 valence electrons. The van der Waals surface area contributed by atoms with Gasteiger partial charge in [0.25, 0.3) is 0 Å².